The van der Waals surface area contributed by atoms with E-state index in [4.69, 9.17) is 36.0 Å². The van der Waals surface area contributed by atoms with Crippen LogP contribution < -0.4 is 0 Å². The number of aliphatic hydroxyl groups is 1. The molecule has 1 N–H and O–H groups in total. The summed E-state index contributed by atoms with van der Waals surface area (Å²) in [4.78, 5) is 0. The van der Waals surface area contributed by atoms with Gasteiger partial charge in [-0.25, -0.2) is 0 Å². The maximum Gasteiger partial charge on any atom is 0.500 e. The van der Waals surface area contributed by atoms with Crippen molar-refractivity contribution < 1.29 is 41.1 Å². The summed E-state index contributed by atoms with van der Waals surface area (Å²) in [6.07, 6.45) is 2.26. The first-order chi connectivity index (χ1) is 13.9. The number of aliphatic hydroxyl groups excluding tert-OH is 1. The Morgan fingerprint density at radius 3 is 1.24 bits per heavy atom. The number of ether oxygens (including phenoxy) is 2. The van der Waals surface area contributed by atoms with Crippen LogP contribution >= 0.6 is 0 Å². The van der Waals surface area contributed by atoms with Crippen molar-refractivity contribution in [3.63, 3.8) is 0 Å². The largest absolute Gasteiger partial charge is 0.500 e. The molecule has 9 nitrogen and oxygen atoms in total. The first-order valence-electron chi connectivity index (χ1n) is 9.97. The molecule has 0 aliphatic carbocycles. The fourth-order valence-electron chi connectivity index (χ4n) is 2.92. The predicted octanol–water partition coefficient (Wildman–Crippen LogP) is 1.94. The van der Waals surface area contributed by atoms with Crippen LogP contribution in [0.25, 0.3) is 0 Å². The van der Waals surface area contributed by atoms with Crippen LogP contribution in [0, 0.1) is 5.41 Å². The van der Waals surface area contributed by atoms with Crippen LogP contribution in [0.4, 0.5) is 0 Å². The van der Waals surface area contributed by atoms with E-state index in [2.05, 4.69) is 0 Å². The third-order valence-corrected chi connectivity index (χ3v) is 11.0. The fourth-order valence-corrected chi connectivity index (χ4v) is 6.30. The smallest absolute Gasteiger partial charge is 0.396 e. The molecule has 0 heterocycles. The van der Waals surface area contributed by atoms with E-state index in [0.717, 1.165) is 19.3 Å². The van der Waals surface area contributed by atoms with Crippen molar-refractivity contribution in [1.29, 1.82) is 0 Å². The topological polar surface area (TPSA) is 94.1 Å². The Labute approximate surface area is 178 Å². The Bertz CT molecular complexity index is 341. The first kappa shape index (κ1) is 29.1. The van der Waals surface area contributed by atoms with E-state index in [1.807, 2.05) is 6.92 Å². The zero-order valence-corrected chi connectivity index (χ0v) is 21.3. The SMILES string of the molecule is CCC(CO)(COCCC[Si](OC)(OC)OC)COCCC[Si](OC)(OC)OC. The second-order valence-corrected chi connectivity index (χ2v) is 13.1. The van der Waals surface area contributed by atoms with Gasteiger partial charge < -0.3 is 41.1 Å². The van der Waals surface area contributed by atoms with Gasteiger partial charge >= 0.3 is 17.6 Å². The normalized spacial score (nSPS) is 13.2. The summed E-state index contributed by atoms with van der Waals surface area (Å²) in [6.45, 7) is 3.96. The Balaban J connectivity index is 4.30. The molecular formula is C18H42O9Si2. The van der Waals surface area contributed by atoms with E-state index in [1.54, 1.807) is 42.7 Å². The summed E-state index contributed by atoms with van der Waals surface area (Å²) in [7, 11) is 4.47. The second kappa shape index (κ2) is 15.8. The lowest BCUT2D eigenvalue weighted by Gasteiger charge is -2.31. The quantitative estimate of drug-likeness (QED) is 0.217. The van der Waals surface area contributed by atoms with Gasteiger partial charge in [-0.2, -0.15) is 0 Å². The molecule has 0 aromatic carbocycles. The highest BCUT2D eigenvalue weighted by Crippen LogP contribution is 2.24. The molecule has 0 spiro atoms. The Morgan fingerprint density at radius 1 is 0.655 bits per heavy atom. The molecule has 0 atom stereocenters. The summed E-state index contributed by atoms with van der Waals surface area (Å²) < 4.78 is 44.1. The van der Waals surface area contributed by atoms with Gasteiger partial charge in [-0.1, -0.05) is 6.92 Å². The van der Waals surface area contributed by atoms with Gasteiger partial charge in [-0.05, 0) is 19.3 Å². The molecule has 0 saturated carbocycles. The molecule has 0 aromatic rings. The molecule has 0 aliphatic rings. The lowest BCUT2D eigenvalue weighted by Crippen LogP contribution is -2.43. The standard InChI is InChI=1S/C18H42O9Si2/c1-8-18(15-19,16-26-11-9-13-28(20-2,21-3)22-4)17-27-12-10-14-29(23-5,24-6)25-7/h19H,8-17H2,1-7H3. The van der Waals surface area contributed by atoms with E-state index >= 15 is 0 Å². The summed E-state index contributed by atoms with van der Waals surface area (Å²) in [5.41, 5.74) is -0.420. The fraction of sp³-hybridized carbons (Fsp3) is 1.00. The van der Waals surface area contributed by atoms with Crippen LogP contribution in [-0.2, 0) is 36.0 Å². The van der Waals surface area contributed by atoms with E-state index in [9.17, 15) is 5.11 Å². The van der Waals surface area contributed by atoms with E-state index in [-0.39, 0.29) is 6.61 Å². The maximum absolute atomic E-state index is 9.91. The lowest BCUT2D eigenvalue weighted by molar-refractivity contribution is -0.0536. The number of rotatable bonds is 20. The first-order valence-corrected chi connectivity index (χ1v) is 13.8. The molecule has 176 valence electrons. The second-order valence-electron chi connectivity index (χ2n) is 6.91. The molecule has 0 radical (unpaired) electrons. The molecule has 0 fully saturated rings. The average molecular weight is 459 g/mol. The van der Waals surface area contributed by atoms with Gasteiger partial charge in [-0.15, -0.1) is 0 Å². The Hall–Kier alpha value is 0.0738. The summed E-state index contributed by atoms with van der Waals surface area (Å²) in [5, 5.41) is 9.91. The van der Waals surface area contributed by atoms with Crippen molar-refractivity contribution in [3.8, 4) is 0 Å². The van der Waals surface area contributed by atoms with Crippen LogP contribution in [0.2, 0.25) is 12.1 Å². The van der Waals surface area contributed by atoms with Crippen LogP contribution in [0.5, 0.6) is 0 Å². The monoisotopic (exact) mass is 458 g/mol. The maximum atomic E-state index is 9.91. The highest BCUT2D eigenvalue weighted by Gasteiger charge is 2.38. The minimum absolute atomic E-state index is 0.00328. The van der Waals surface area contributed by atoms with Gasteiger partial charge in [0.15, 0.2) is 0 Å². The van der Waals surface area contributed by atoms with Crippen molar-refractivity contribution in [2.24, 2.45) is 5.41 Å². The lowest BCUT2D eigenvalue weighted by atomic mass is 9.88. The van der Waals surface area contributed by atoms with Gasteiger partial charge in [0.25, 0.3) is 0 Å². The molecule has 0 aliphatic heterocycles. The Kier molecular flexibility index (Phi) is 15.9. The van der Waals surface area contributed by atoms with Crippen LogP contribution in [0.1, 0.15) is 26.2 Å². The van der Waals surface area contributed by atoms with Crippen LogP contribution in [0.15, 0.2) is 0 Å². The van der Waals surface area contributed by atoms with Crippen molar-refractivity contribution in [3.05, 3.63) is 0 Å². The van der Waals surface area contributed by atoms with Crippen LogP contribution in [-0.4, -0.2) is 98.4 Å². The molecule has 0 saturated heterocycles. The van der Waals surface area contributed by atoms with E-state index in [1.165, 1.54) is 0 Å². The highest BCUT2D eigenvalue weighted by atomic mass is 28.4. The van der Waals surface area contributed by atoms with E-state index in [0.29, 0.717) is 38.5 Å². The average Bonchev–Trinajstić information content (AvgIpc) is 2.78. The third kappa shape index (κ3) is 9.83. The van der Waals surface area contributed by atoms with Gasteiger partial charge in [0.05, 0.1) is 19.8 Å². The third-order valence-electron chi connectivity index (χ3n) is 5.31. The number of hydrogen-bond donors (Lipinski definition) is 1. The predicted molar refractivity (Wildman–Crippen MR) is 114 cm³/mol. The van der Waals surface area contributed by atoms with Gasteiger partial charge in [0.1, 0.15) is 0 Å². The molecule has 11 heteroatoms. The summed E-state index contributed by atoms with van der Waals surface area (Å²) >= 11 is 0. The van der Waals surface area contributed by atoms with Crippen molar-refractivity contribution >= 4 is 17.6 Å². The van der Waals surface area contributed by atoms with Gasteiger partial charge in [0, 0.05) is 73.4 Å². The number of hydrogen-bond acceptors (Lipinski definition) is 9. The van der Waals surface area contributed by atoms with Gasteiger partial charge in [0.2, 0.25) is 0 Å². The zero-order valence-electron chi connectivity index (χ0n) is 19.3. The molecule has 0 bridgehead atoms. The zero-order chi connectivity index (χ0) is 22.2. The summed E-state index contributed by atoms with van der Waals surface area (Å²) in [6, 6.07) is 1.35. The van der Waals surface area contributed by atoms with Crippen molar-refractivity contribution in [2.45, 2.75) is 38.3 Å². The molecule has 0 amide bonds. The van der Waals surface area contributed by atoms with Crippen LogP contribution in [0.3, 0.4) is 0 Å². The molecule has 0 aromatic heterocycles. The minimum atomic E-state index is -2.57. The van der Waals surface area contributed by atoms with Crippen molar-refractivity contribution in [2.75, 3.05) is 75.7 Å². The molecular weight excluding hydrogens is 416 g/mol. The van der Waals surface area contributed by atoms with Gasteiger partial charge in [-0.3, -0.25) is 0 Å². The minimum Gasteiger partial charge on any atom is -0.396 e. The molecule has 0 unspecified atom stereocenters. The highest BCUT2D eigenvalue weighted by molar-refractivity contribution is 6.60. The molecule has 29 heavy (non-hydrogen) atoms. The molecule has 0 rings (SSSR count). The Morgan fingerprint density at radius 2 is 1.00 bits per heavy atom. The van der Waals surface area contributed by atoms with Crippen molar-refractivity contribution in [1.82, 2.24) is 0 Å². The summed E-state index contributed by atoms with van der Waals surface area (Å²) in [5.74, 6) is 0. The van der Waals surface area contributed by atoms with E-state index < -0.39 is 23.0 Å².